The number of nitrogens with zero attached hydrogens (tertiary/aromatic N) is 2. The molecule has 3 heterocycles. The summed E-state index contributed by atoms with van der Waals surface area (Å²) >= 11 is 0. The zero-order valence-electron chi connectivity index (χ0n) is 15.7. The second-order valence-electron chi connectivity index (χ2n) is 6.88. The number of rotatable bonds is 5. The van der Waals surface area contributed by atoms with Crippen molar-refractivity contribution < 1.29 is 9.21 Å². The molecule has 2 N–H and O–H groups in total. The van der Waals surface area contributed by atoms with Crippen molar-refractivity contribution in [2.45, 2.75) is 26.3 Å². The fourth-order valence-electron chi connectivity index (χ4n) is 3.58. The summed E-state index contributed by atoms with van der Waals surface area (Å²) in [6.07, 6.45) is 1.60. The van der Waals surface area contributed by atoms with Crippen LogP contribution in [0.25, 0.3) is 11.5 Å². The van der Waals surface area contributed by atoms with Gasteiger partial charge in [0.1, 0.15) is 11.5 Å². The van der Waals surface area contributed by atoms with E-state index in [0.717, 1.165) is 36.5 Å². The summed E-state index contributed by atoms with van der Waals surface area (Å²) < 4.78 is 7.80. The first-order chi connectivity index (χ1) is 13.1. The number of carbonyl (C=O) groups is 1. The minimum absolute atomic E-state index is 0.0451. The van der Waals surface area contributed by atoms with Gasteiger partial charge >= 0.3 is 0 Å². The molecule has 0 atom stereocenters. The number of nitrogens with one attached hydrogen (secondary N) is 2. The molecule has 0 radical (unpaired) electrons. The van der Waals surface area contributed by atoms with Crippen molar-refractivity contribution in [3.63, 3.8) is 0 Å². The smallest absolute Gasteiger partial charge is 0.267 e. The van der Waals surface area contributed by atoms with Crippen LogP contribution >= 0.6 is 0 Å². The molecule has 27 heavy (non-hydrogen) atoms. The minimum atomic E-state index is -0.0451. The maximum Gasteiger partial charge on any atom is 0.267 e. The third-order valence-corrected chi connectivity index (χ3v) is 5.10. The average molecular weight is 364 g/mol. The molecule has 140 valence electrons. The number of oxazole rings is 1. The SMILES string of the molecule is Cc1oc(-c2ccccc2)nc1CCNC(=O)c1cc2c(n1C)CCNC2. The summed E-state index contributed by atoms with van der Waals surface area (Å²) in [5, 5.41) is 6.36. The Bertz CT molecular complexity index is 956. The highest BCUT2D eigenvalue weighted by Gasteiger charge is 2.20. The Kier molecular flexibility index (Phi) is 4.81. The fraction of sp³-hybridized carbons (Fsp3) is 0.333. The first-order valence-corrected chi connectivity index (χ1v) is 9.31. The number of aryl methyl sites for hydroxylation is 1. The molecule has 1 aliphatic heterocycles. The van der Waals surface area contributed by atoms with Crippen molar-refractivity contribution in [2.24, 2.45) is 7.05 Å². The van der Waals surface area contributed by atoms with Gasteiger partial charge in [-0.05, 0) is 30.7 Å². The van der Waals surface area contributed by atoms with Crippen LogP contribution in [0, 0.1) is 6.92 Å². The van der Waals surface area contributed by atoms with Crippen molar-refractivity contribution in [1.29, 1.82) is 0 Å². The molecule has 1 aromatic carbocycles. The van der Waals surface area contributed by atoms with Crippen LogP contribution < -0.4 is 10.6 Å². The zero-order chi connectivity index (χ0) is 18.8. The summed E-state index contributed by atoms with van der Waals surface area (Å²) in [5.41, 5.74) is 5.02. The van der Waals surface area contributed by atoms with Gasteiger partial charge in [-0.3, -0.25) is 4.79 Å². The van der Waals surface area contributed by atoms with E-state index >= 15 is 0 Å². The van der Waals surface area contributed by atoms with Gasteiger partial charge in [0.05, 0.1) is 5.69 Å². The first-order valence-electron chi connectivity index (χ1n) is 9.31. The molecule has 6 nitrogen and oxygen atoms in total. The Morgan fingerprint density at radius 2 is 2.15 bits per heavy atom. The topological polar surface area (TPSA) is 72.1 Å². The van der Waals surface area contributed by atoms with Crippen LogP contribution in [0.1, 0.15) is 33.2 Å². The standard InChI is InChI=1S/C21H24N4O2/c1-14-17(24-21(27-14)15-6-4-3-5-7-15)8-11-23-20(26)19-12-16-13-22-10-9-18(16)25(19)2/h3-7,12,22H,8-11,13H2,1-2H3,(H,23,26). The lowest BCUT2D eigenvalue weighted by atomic mass is 10.1. The van der Waals surface area contributed by atoms with E-state index in [2.05, 4.69) is 15.6 Å². The van der Waals surface area contributed by atoms with Crippen LogP contribution in [0.5, 0.6) is 0 Å². The van der Waals surface area contributed by atoms with Crippen molar-refractivity contribution in [2.75, 3.05) is 13.1 Å². The summed E-state index contributed by atoms with van der Waals surface area (Å²) in [4.78, 5) is 17.2. The Labute approximate surface area is 158 Å². The normalized spacial score (nSPS) is 13.4. The van der Waals surface area contributed by atoms with E-state index in [1.807, 2.05) is 54.9 Å². The van der Waals surface area contributed by atoms with Gasteiger partial charge in [-0.1, -0.05) is 18.2 Å². The fourth-order valence-corrected chi connectivity index (χ4v) is 3.58. The van der Waals surface area contributed by atoms with E-state index in [0.29, 0.717) is 24.6 Å². The number of aromatic nitrogens is 2. The molecule has 1 aliphatic rings. The number of fused-ring (bicyclic) bond motifs is 1. The third-order valence-electron chi connectivity index (χ3n) is 5.10. The molecular formula is C21H24N4O2. The van der Waals surface area contributed by atoms with Gasteiger partial charge in [-0.25, -0.2) is 4.98 Å². The largest absolute Gasteiger partial charge is 0.441 e. The van der Waals surface area contributed by atoms with E-state index < -0.39 is 0 Å². The van der Waals surface area contributed by atoms with Gasteiger partial charge in [0.25, 0.3) is 5.91 Å². The molecule has 0 unspecified atom stereocenters. The van der Waals surface area contributed by atoms with Crippen molar-refractivity contribution >= 4 is 5.91 Å². The second kappa shape index (κ2) is 7.40. The minimum Gasteiger partial charge on any atom is -0.441 e. The maximum atomic E-state index is 12.6. The van der Waals surface area contributed by atoms with Crippen molar-refractivity contribution in [3.8, 4) is 11.5 Å². The Balaban J connectivity index is 1.40. The number of hydrogen-bond donors (Lipinski definition) is 2. The maximum absolute atomic E-state index is 12.6. The molecule has 4 rings (SSSR count). The average Bonchev–Trinajstić information content (AvgIpc) is 3.23. The number of benzene rings is 1. The molecule has 6 heteroatoms. The summed E-state index contributed by atoms with van der Waals surface area (Å²) in [7, 11) is 1.97. The third kappa shape index (κ3) is 3.53. The lowest BCUT2D eigenvalue weighted by Crippen LogP contribution is -2.28. The molecule has 0 spiro atoms. The number of amides is 1. The van der Waals surface area contributed by atoms with E-state index in [1.165, 1.54) is 11.3 Å². The summed E-state index contributed by atoms with van der Waals surface area (Å²) in [5.74, 6) is 1.37. The lowest BCUT2D eigenvalue weighted by Gasteiger charge is -2.14. The van der Waals surface area contributed by atoms with E-state index in [-0.39, 0.29) is 5.91 Å². The number of hydrogen-bond acceptors (Lipinski definition) is 4. The quantitative estimate of drug-likeness (QED) is 0.730. The Morgan fingerprint density at radius 1 is 1.33 bits per heavy atom. The van der Waals surface area contributed by atoms with Gasteiger partial charge in [0.15, 0.2) is 0 Å². The van der Waals surface area contributed by atoms with Crippen LogP contribution in [0.2, 0.25) is 0 Å². The summed E-state index contributed by atoms with van der Waals surface area (Å²) in [6.45, 7) is 4.22. The highest BCUT2D eigenvalue weighted by Crippen LogP contribution is 2.22. The molecule has 0 saturated heterocycles. The van der Waals surface area contributed by atoms with Crippen molar-refractivity contribution in [1.82, 2.24) is 20.2 Å². The van der Waals surface area contributed by atoms with Crippen LogP contribution in [-0.4, -0.2) is 28.5 Å². The Morgan fingerprint density at radius 3 is 2.93 bits per heavy atom. The number of carbonyl (C=O) groups excluding carboxylic acids is 1. The van der Waals surface area contributed by atoms with Crippen LogP contribution in [-0.2, 0) is 26.4 Å². The molecule has 1 amide bonds. The monoisotopic (exact) mass is 364 g/mol. The van der Waals surface area contributed by atoms with E-state index in [9.17, 15) is 4.79 Å². The van der Waals surface area contributed by atoms with Gasteiger partial charge in [0, 0.05) is 50.8 Å². The second-order valence-corrected chi connectivity index (χ2v) is 6.88. The zero-order valence-corrected chi connectivity index (χ0v) is 15.7. The predicted octanol–water partition coefficient (Wildman–Crippen LogP) is 2.61. The van der Waals surface area contributed by atoms with Gasteiger partial charge in [-0.2, -0.15) is 0 Å². The van der Waals surface area contributed by atoms with Crippen molar-refractivity contribution in [3.05, 3.63) is 64.8 Å². The van der Waals surface area contributed by atoms with Gasteiger partial charge in [-0.15, -0.1) is 0 Å². The van der Waals surface area contributed by atoms with Gasteiger partial charge < -0.3 is 19.6 Å². The van der Waals surface area contributed by atoms with E-state index in [4.69, 9.17) is 4.42 Å². The van der Waals surface area contributed by atoms with Crippen LogP contribution in [0.15, 0.2) is 40.8 Å². The Hall–Kier alpha value is -2.86. The van der Waals surface area contributed by atoms with E-state index in [1.54, 1.807) is 0 Å². The molecular weight excluding hydrogens is 340 g/mol. The summed E-state index contributed by atoms with van der Waals surface area (Å²) in [6, 6.07) is 11.8. The molecule has 0 saturated carbocycles. The molecule has 0 aliphatic carbocycles. The molecule has 0 fully saturated rings. The molecule has 2 aromatic heterocycles. The van der Waals surface area contributed by atoms with Crippen LogP contribution in [0.3, 0.4) is 0 Å². The highest BCUT2D eigenvalue weighted by atomic mass is 16.4. The predicted molar refractivity (Wildman–Crippen MR) is 104 cm³/mol. The van der Waals surface area contributed by atoms with Crippen LogP contribution in [0.4, 0.5) is 0 Å². The lowest BCUT2D eigenvalue weighted by molar-refractivity contribution is 0.0945. The highest BCUT2D eigenvalue weighted by molar-refractivity contribution is 5.93. The van der Waals surface area contributed by atoms with Gasteiger partial charge in [0.2, 0.25) is 5.89 Å². The molecule has 0 bridgehead atoms. The first kappa shape index (κ1) is 17.5. The molecule has 3 aromatic rings.